The summed E-state index contributed by atoms with van der Waals surface area (Å²) in [6.45, 7) is 1.85. The third-order valence-corrected chi connectivity index (χ3v) is 3.64. The molecule has 2 rings (SSSR count). The molecule has 0 bridgehead atoms. The quantitative estimate of drug-likeness (QED) is 0.931. The Morgan fingerprint density at radius 2 is 2.05 bits per heavy atom. The number of benzene rings is 1. The van der Waals surface area contributed by atoms with Crippen molar-refractivity contribution in [3.05, 3.63) is 51.6 Å². The Bertz CT molecular complexity index is 641. The van der Waals surface area contributed by atoms with Crippen LogP contribution in [0.5, 0.6) is 0 Å². The fourth-order valence-corrected chi connectivity index (χ4v) is 2.27. The standard InChI is InChI=1S/C14H11Cl2NO2/c1-8-5-6-17-14(10(8)7-12(18)19)9-3-2-4-11(15)13(9)16/h2-6H,7H2,1H3,(H,18,19). The molecule has 0 fully saturated rings. The van der Waals surface area contributed by atoms with Crippen molar-refractivity contribution in [2.24, 2.45) is 0 Å². The number of halogens is 2. The Morgan fingerprint density at radius 3 is 2.74 bits per heavy atom. The van der Waals surface area contributed by atoms with E-state index in [0.29, 0.717) is 26.9 Å². The van der Waals surface area contributed by atoms with Crippen molar-refractivity contribution < 1.29 is 9.90 Å². The lowest BCUT2D eigenvalue weighted by Crippen LogP contribution is -2.05. The first-order chi connectivity index (χ1) is 9.00. The number of aliphatic carboxylic acids is 1. The van der Waals surface area contributed by atoms with Crippen LogP contribution in [0.4, 0.5) is 0 Å². The summed E-state index contributed by atoms with van der Waals surface area (Å²) in [5.74, 6) is -0.907. The van der Waals surface area contributed by atoms with Crippen LogP contribution < -0.4 is 0 Å². The maximum absolute atomic E-state index is 11.0. The summed E-state index contributed by atoms with van der Waals surface area (Å²) in [6.07, 6.45) is 1.53. The zero-order valence-electron chi connectivity index (χ0n) is 10.2. The molecule has 0 spiro atoms. The summed E-state index contributed by atoms with van der Waals surface area (Å²) in [5, 5.41) is 9.80. The van der Waals surface area contributed by atoms with Crippen LogP contribution in [0.2, 0.25) is 10.0 Å². The molecule has 0 unspecified atom stereocenters. The molecule has 98 valence electrons. The molecule has 0 amide bonds. The molecular formula is C14H11Cl2NO2. The molecule has 0 atom stereocenters. The van der Waals surface area contributed by atoms with Crippen LogP contribution >= 0.6 is 23.2 Å². The predicted octanol–water partition coefficient (Wildman–Crippen LogP) is 3.99. The molecule has 0 radical (unpaired) electrons. The van der Waals surface area contributed by atoms with E-state index in [9.17, 15) is 4.79 Å². The summed E-state index contributed by atoms with van der Waals surface area (Å²) in [5.41, 5.74) is 2.73. The molecule has 0 aliphatic rings. The predicted molar refractivity (Wildman–Crippen MR) is 75.8 cm³/mol. The monoisotopic (exact) mass is 295 g/mol. The van der Waals surface area contributed by atoms with Gasteiger partial charge in [0.25, 0.3) is 0 Å². The molecule has 0 saturated carbocycles. The molecule has 0 saturated heterocycles. The first kappa shape index (κ1) is 13.8. The van der Waals surface area contributed by atoms with Crippen LogP contribution in [-0.4, -0.2) is 16.1 Å². The van der Waals surface area contributed by atoms with Gasteiger partial charge in [0.1, 0.15) is 0 Å². The number of aromatic nitrogens is 1. The third kappa shape index (κ3) is 2.88. The Kier molecular flexibility index (Phi) is 4.08. The van der Waals surface area contributed by atoms with Crippen LogP contribution in [0, 0.1) is 6.92 Å². The van der Waals surface area contributed by atoms with E-state index in [-0.39, 0.29) is 6.42 Å². The number of hydrogen-bond donors (Lipinski definition) is 1. The van der Waals surface area contributed by atoms with E-state index in [2.05, 4.69) is 4.98 Å². The van der Waals surface area contributed by atoms with Gasteiger partial charge in [-0.3, -0.25) is 9.78 Å². The Hall–Kier alpha value is -1.58. The molecule has 1 aromatic heterocycles. The number of carboxylic acid groups (broad SMARTS) is 1. The molecule has 0 aliphatic heterocycles. The van der Waals surface area contributed by atoms with Gasteiger partial charge >= 0.3 is 5.97 Å². The van der Waals surface area contributed by atoms with E-state index < -0.39 is 5.97 Å². The van der Waals surface area contributed by atoms with E-state index in [1.165, 1.54) is 0 Å². The van der Waals surface area contributed by atoms with Gasteiger partial charge in [-0.25, -0.2) is 0 Å². The van der Waals surface area contributed by atoms with Crippen LogP contribution in [0.15, 0.2) is 30.5 Å². The minimum absolute atomic E-state index is 0.0994. The SMILES string of the molecule is Cc1ccnc(-c2cccc(Cl)c2Cl)c1CC(=O)O. The molecular weight excluding hydrogens is 285 g/mol. The maximum Gasteiger partial charge on any atom is 0.307 e. The number of rotatable bonds is 3. The topological polar surface area (TPSA) is 50.2 Å². The van der Waals surface area contributed by atoms with Crippen molar-refractivity contribution in [1.29, 1.82) is 0 Å². The number of carboxylic acids is 1. The molecule has 0 aliphatic carbocycles. The minimum atomic E-state index is -0.907. The van der Waals surface area contributed by atoms with Gasteiger partial charge in [-0.15, -0.1) is 0 Å². The second-order valence-corrected chi connectivity index (χ2v) is 4.91. The highest BCUT2D eigenvalue weighted by Gasteiger charge is 2.16. The summed E-state index contributed by atoms with van der Waals surface area (Å²) in [4.78, 5) is 15.2. The molecule has 2 aromatic rings. The average Bonchev–Trinajstić information content (AvgIpc) is 2.35. The zero-order valence-corrected chi connectivity index (χ0v) is 11.7. The average molecular weight is 296 g/mol. The van der Waals surface area contributed by atoms with Crippen LogP contribution in [0.25, 0.3) is 11.3 Å². The van der Waals surface area contributed by atoms with Gasteiger partial charge in [0.2, 0.25) is 0 Å². The molecule has 1 heterocycles. The second-order valence-electron chi connectivity index (χ2n) is 4.13. The van der Waals surface area contributed by atoms with Gasteiger partial charge in [0.05, 0.1) is 22.2 Å². The molecule has 1 N–H and O–H groups in total. The minimum Gasteiger partial charge on any atom is -0.481 e. The lowest BCUT2D eigenvalue weighted by Gasteiger charge is -2.12. The third-order valence-electron chi connectivity index (χ3n) is 2.82. The van der Waals surface area contributed by atoms with E-state index in [1.54, 1.807) is 30.5 Å². The molecule has 3 nitrogen and oxygen atoms in total. The number of nitrogens with zero attached hydrogens (tertiary/aromatic N) is 1. The van der Waals surface area contributed by atoms with Crippen molar-refractivity contribution in [3.8, 4) is 11.3 Å². The van der Waals surface area contributed by atoms with Crippen molar-refractivity contribution in [1.82, 2.24) is 4.98 Å². The van der Waals surface area contributed by atoms with Crippen molar-refractivity contribution in [2.45, 2.75) is 13.3 Å². The highest BCUT2D eigenvalue weighted by Crippen LogP contribution is 2.34. The number of pyridine rings is 1. The molecule has 19 heavy (non-hydrogen) atoms. The first-order valence-corrected chi connectivity index (χ1v) is 6.37. The van der Waals surface area contributed by atoms with Gasteiger partial charge < -0.3 is 5.11 Å². The number of aryl methyl sites for hydroxylation is 1. The fraction of sp³-hybridized carbons (Fsp3) is 0.143. The van der Waals surface area contributed by atoms with Gasteiger partial charge in [0.15, 0.2) is 0 Å². The van der Waals surface area contributed by atoms with Crippen LogP contribution in [-0.2, 0) is 11.2 Å². The second kappa shape index (κ2) is 5.59. The summed E-state index contributed by atoms with van der Waals surface area (Å²) >= 11 is 12.2. The van der Waals surface area contributed by atoms with Crippen molar-refractivity contribution in [3.63, 3.8) is 0 Å². The summed E-state index contributed by atoms with van der Waals surface area (Å²) < 4.78 is 0. The highest BCUT2D eigenvalue weighted by molar-refractivity contribution is 6.43. The van der Waals surface area contributed by atoms with Crippen molar-refractivity contribution in [2.75, 3.05) is 0 Å². The Morgan fingerprint density at radius 1 is 1.32 bits per heavy atom. The summed E-state index contributed by atoms with van der Waals surface area (Å²) in [6, 6.07) is 7.00. The van der Waals surface area contributed by atoms with E-state index in [4.69, 9.17) is 28.3 Å². The Balaban J connectivity index is 2.65. The molecule has 1 aromatic carbocycles. The number of carbonyl (C=O) groups is 1. The van der Waals surface area contributed by atoms with Gasteiger partial charge in [-0.05, 0) is 30.2 Å². The van der Waals surface area contributed by atoms with E-state index >= 15 is 0 Å². The van der Waals surface area contributed by atoms with Gasteiger partial charge in [-0.2, -0.15) is 0 Å². The van der Waals surface area contributed by atoms with Gasteiger partial charge in [-0.1, -0.05) is 35.3 Å². The van der Waals surface area contributed by atoms with Crippen molar-refractivity contribution >= 4 is 29.2 Å². The maximum atomic E-state index is 11.0. The number of hydrogen-bond acceptors (Lipinski definition) is 2. The van der Waals surface area contributed by atoms with E-state index in [0.717, 1.165) is 5.56 Å². The highest BCUT2D eigenvalue weighted by atomic mass is 35.5. The molecule has 5 heteroatoms. The van der Waals surface area contributed by atoms with Crippen LogP contribution in [0.3, 0.4) is 0 Å². The first-order valence-electron chi connectivity index (χ1n) is 5.61. The van der Waals surface area contributed by atoms with Crippen LogP contribution in [0.1, 0.15) is 11.1 Å². The summed E-state index contributed by atoms with van der Waals surface area (Å²) in [7, 11) is 0. The fourth-order valence-electron chi connectivity index (χ4n) is 1.88. The van der Waals surface area contributed by atoms with E-state index in [1.807, 2.05) is 6.92 Å². The largest absolute Gasteiger partial charge is 0.481 e. The lowest BCUT2D eigenvalue weighted by molar-refractivity contribution is -0.136. The zero-order chi connectivity index (χ0) is 14.0. The Labute approximate surface area is 120 Å². The lowest BCUT2D eigenvalue weighted by atomic mass is 9.99. The van der Waals surface area contributed by atoms with Gasteiger partial charge in [0, 0.05) is 11.8 Å². The normalized spacial score (nSPS) is 10.5. The smallest absolute Gasteiger partial charge is 0.307 e.